The molecule has 0 aliphatic rings. The van der Waals surface area contributed by atoms with E-state index in [0.29, 0.717) is 12.1 Å². The number of hydrogen-bond donors (Lipinski definition) is 1. The molecule has 0 radical (unpaired) electrons. The van der Waals surface area contributed by atoms with Crippen molar-refractivity contribution in [1.29, 1.82) is 0 Å². The van der Waals surface area contributed by atoms with E-state index >= 15 is 0 Å². The van der Waals surface area contributed by atoms with E-state index in [0.717, 1.165) is 24.2 Å². The van der Waals surface area contributed by atoms with Crippen LogP contribution in [0.25, 0.3) is 0 Å². The first kappa shape index (κ1) is 17.0. The van der Waals surface area contributed by atoms with E-state index < -0.39 is 0 Å². The van der Waals surface area contributed by atoms with E-state index in [4.69, 9.17) is 4.74 Å². The molecule has 1 amide bonds. The Morgan fingerprint density at radius 1 is 1.09 bits per heavy atom. The highest BCUT2D eigenvalue weighted by molar-refractivity contribution is 5.94. The quantitative estimate of drug-likeness (QED) is 0.785. The summed E-state index contributed by atoms with van der Waals surface area (Å²) in [5, 5.41) is 2.89. The summed E-state index contributed by atoms with van der Waals surface area (Å²) in [6, 6.07) is 13.6. The van der Waals surface area contributed by atoms with Crippen molar-refractivity contribution in [1.82, 2.24) is 5.32 Å². The summed E-state index contributed by atoms with van der Waals surface area (Å²) in [5.41, 5.74) is 1.68. The zero-order chi connectivity index (χ0) is 16.7. The summed E-state index contributed by atoms with van der Waals surface area (Å²) in [6.45, 7) is 4.50. The highest BCUT2D eigenvalue weighted by Gasteiger charge is 2.05. The maximum absolute atomic E-state index is 12.8. The number of aryl methyl sites for hydroxylation is 1. The number of nitrogens with one attached hydrogen (secondary N) is 1. The van der Waals surface area contributed by atoms with Gasteiger partial charge in [0.05, 0.1) is 6.10 Å². The first-order valence-electron chi connectivity index (χ1n) is 7.84. The van der Waals surface area contributed by atoms with E-state index in [1.165, 1.54) is 12.1 Å². The van der Waals surface area contributed by atoms with Crippen LogP contribution in [0.1, 0.15) is 36.2 Å². The van der Waals surface area contributed by atoms with Gasteiger partial charge in [-0.1, -0.05) is 12.1 Å². The molecule has 23 heavy (non-hydrogen) atoms. The predicted molar refractivity (Wildman–Crippen MR) is 89.3 cm³/mol. The van der Waals surface area contributed by atoms with Gasteiger partial charge >= 0.3 is 0 Å². The van der Waals surface area contributed by atoms with Gasteiger partial charge in [0, 0.05) is 12.1 Å². The number of carbonyl (C=O) groups excluding carboxylic acids is 1. The first-order valence-corrected chi connectivity index (χ1v) is 7.84. The third-order valence-corrected chi connectivity index (χ3v) is 3.33. The molecule has 0 spiro atoms. The van der Waals surface area contributed by atoms with E-state index in [9.17, 15) is 9.18 Å². The molecule has 0 aromatic heterocycles. The van der Waals surface area contributed by atoms with Crippen LogP contribution >= 0.6 is 0 Å². The molecule has 0 aliphatic heterocycles. The van der Waals surface area contributed by atoms with E-state index in [2.05, 4.69) is 5.32 Å². The van der Waals surface area contributed by atoms with Gasteiger partial charge in [-0.05, 0) is 68.7 Å². The second-order valence-electron chi connectivity index (χ2n) is 5.68. The Kier molecular flexibility index (Phi) is 6.15. The van der Waals surface area contributed by atoms with Gasteiger partial charge < -0.3 is 10.1 Å². The fourth-order valence-electron chi connectivity index (χ4n) is 2.20. The van der Waals surface area contributed by atoms with Gasteiger partial charge in [0.1, 0.15) is 11.6 Å². The van der Waals surface area contributed by atoms with Crippen LogP contribution in [-0.4, -0.2) is 18.6 Å². The maximum atomic E-state index is 12.8. The Balaban J connectivity index is 1.75. The van der Waals surface area contributed by atoms with Gasteiger partial charge in [-0.15, -0.1) is 0 Å². The Morgan fingerprint density at radius 3 is 2.35 bits per heavy atom. The number of benzene rings is 2. The van der Waals surface area contributed by atoms with Crippen LogP contribution in [0.5, 0.6) is 5.75 Å². The summed E-state index contributed by atoms with van der Waals surface area (Å²) < 4.78 is 18.3. The van der Waals surface area contributed by atoms with Crippen LogP contribution in [0.3, 0.4) is 0 Å². The zero-order valence-electron chi connectivity index (χ0n) is 13.5. The summed E-state index contributed by atoms with van der Waals surface area (Å²) >= 11 is 0. The van der Waals surface area contributed by atoms with Crippen LogP contribution < -0.4 is 10.1 Å². The predicted octanol–water partition coefficient (Wildman–Crippen LogP) is 3.98. The lowest BCUT2D eigenvalue weighted by molar-refractivity contribution is 0.0953. The van der Waals surface area contributed by atoms with Crippen molar-refractivity contribution in [3.05, 3.63) is 65.5 Å². The molecule has 0 aliphatic carbocycles. The van der Waals surface area contributed by atoms with Crippen molar-refractivity contribution in [3.8, 4) is 5.75 Å². The summed E-state index contributed by atoms with van der Waals surface area (Å²) in [4.78, 5) is 12.0. The number of hydrogen-bond acceptors (Lipinski definition) is 2. The van der Waals surface area contributed by atoms with E-state index in [-0.39, 0.29) is 17.8 Å². The highest BCUT2D eigenvalue weighted by atomic mass is 19.1. The fourth-order valence-corrected chi connectivity index (χ4v) is 2.20. The maximum Gasteiger partial charge on any atom is 0.251 e. The van der Waals surface area contributed by atoms with Crippen molar-refractivity contribution >= 4 is 5.91 Å². The number of halogens is 1. The molecular formula is C19H22FNO2. The molecule has 2 aromatic rings. The van der Waals surface area contributed by atoms with E-state index in [1.54, 1.807) is 36.4 Å². The minimum absolute atomic E-state index is 0.0970. The second kappa shape index (κ2) is 8.32. The van der Waals surface area contributed by atoms with Crippen LogP contribution in [0.2, 0.25) is 0 Å². The molecule has 0 bridgehead atoms. The molecule has 2 rings (SSSR count). The highest BCUT2D eigenvalue weighted by Crippen LogP contribution is 2.13. The fraction of sp³-hybridized carbons (Fsp3) is 0.316. The lowest BCUT2D eigenvalue weighted by atomic mass is 10.1. The minimum Gasteiger partial charge on any atom is -0.491 e. The topological polar surface area (TPSA) is 38.3 Å². The SMILES string of the molecule is CC(C)Oc1ccc(C(=O)NCCCc2ccc(F)cc2)cc1. The summed E-state index contributed by atoms with van der Waals surface area (Å²) in [5.74, 6) is 0.431. The van der Waals surface area contributed by atoms with Gasteiger partial charge in [0.15, 0.2) is 0 Å². The smallest absolute Gasteiger partial charge is 0.251 e. The van der Waals surface area contributed by atoms with Gasteiger partial charge in [-0.3, -0.25) is 4.79 Å². The monoisotopic (exact) mass is 315 g/mol. The molecule has 0 atom stereocenters. The molecule has 0 fully saturated rings. The molecule has 0 heterocycles. The molecule has 2 aromatic carbocycles. The van der Waals surface area contributed by atoms with Gasteiger partial charge in [-0.2, -0.15) is 0 Å². The van der Waals surface area contributed by atoms with Gasteiger partial charge in [0.25, 0.3) is 5.91 Å². The van der Waals surface area contributed by atoms with Crippen LogP contribution in [0.4, 0.5) is 4.39 Å². The lowest BCUT2D eigenvalue weighted by Gasteiger charge is -2.10. The largest absolute Gasteiger partial charge is 0.491 e. The molecule has 122 valence electrons. The average molecular weight is 315 g/mol. The summed E-state index contributed by atoms with van der Waals surface area (Å²) in [7, 11) is 0. The van der Waals surface area contributed by atoms with Crippen molar-refractivity contribution < 1.29 is 13.9 Å². The van der Waals surface area contributed by atoms with Gasteiger partial charge in [0.2, 0.25) is 0 Å². The van der Waals surface area contributed by atoms with Gasteiger partial charge in [-0.25, -0.2) is 4.39 Å². The molecule has 0 unspecified atom stereocenters. The molecule has 4 heteroatoms. The third kappa shape index (κ3) is 5.74. The number of ether oxygens (including phenoxy) is 1. The van der Waals surface area contributed by atoms with Crippen molar-refractivity contribution in [2.24, 2.45) is 0 Å². The first-order chi connectivity index (χ1) is 11.0. The Hall–Kier alpha value is -2.36. The number of rotatable bonds is 7. The Morgan fingerprint density at radius 2 is 1.74 bits per heavy atom. The zero-order valence-corrected chi connectivity index (χ0v) is 13.5. The van der Waals surface area contributed by atoms with Crippen LogP contribution in [0.15, 0.2) is 48.5 Å². The number of amides is 1. The molecule has 0 saturated carbocycles. The van der Waals surface area contributed by atoms with Crippen LogP contribution in [0, 0.1) is 5.82 Å². The normalized spacial score (nSPS) is 10.6. The molecule has 1 N–H and O–H groups in total. The molecule has 0 saturated heterocycles. The minimum atomic E-state index is -0.230. The average Bonchev–Trinajstić information content (AvgIpc) is 2.53. The summed E-state index contributed by atoms with van der Waals surface area (Å²) in [6.07, 6.45) is 1.73. The van der Waals surface area contributed by atoms with Crippen LogP contribution in [-0.2, 0) is 6.42 Å². The molecular weight excluding hydrogens is 293 g/mol. The van der Waals surface area contributed by atoms with E-state index in [1.807, 2.05) is 13.8 Å². The third-order valence-electron chi connectivity index (χ3n) is 3.33. The van der Waals surface area contributed by atoms with Crippen molar-refractivity contribution in [2.45, 2.75) is 32.8 Å². The Labute approximate surface area is 136 Å². The second-order valence-corrected chi connectivity index (χ2v) is 5.68. The molecule has 3 nitrogen and oxygen atoms in total. The van der Waals surface area contributed by atoms with Crippen molar-refractivity contribution in [2.75, 3.05) is 6.54 Å². The lowest BCUT2D eigenvalue weighted by Crippen LogP contribution is -2.24. The standard InChI is InChI=1S/C19H22FNO2/c1-14(2)23-18-11-7-16(8-12-18)19(22)21-13-3-4-15-5-9-17(20)10-6-15/h5-12,14H,3-4,13H2,1-2H3,(H,21,22). The Bertz CT molecular complexity index is 621. The van der Waals surface area contributed by atoms with Crippen molar-refractivity contribution in [3.63, 3.8) is 0 Å². The number of carbonyl (C=O) groups is 1.